The highest BCUT2D eigenvalue weighted by molar-refractivity contribution is 5.59. The molecule has 1 aliphatic heterocycles. The number of aromatic nitrogens is 3. The number of imidazole rings is 1. The number of nitrogens with two attached hydrogens (primary N) is 1. The summed E-state index contributed by atoms with van der Waals surface area (Å²) in [6, 6.07) is 3.79. The molecule has 0 aromatic carbocycles. The SMILES string of the molecule is Nc1ccc(-c2cncn2CCN2CCOCC2)cn1. The van der Waals surface area contributed by atoms with Crippen molar-refractivity contribution < 1.29 is 4.74 Å². The van der Waals surface area contributed by atoms with Crippen LogP contribution in [-0.2, 0) is 11.3 Å². The van der Waals surface area contributed by atoms with Crippen LogP contribution in [0.25, 0.3) is 11.3 Å². The number of morpholine rings is 1. The monoisotopic (exact) mass is 273 g/mol. The first-order valence-corrected chi connectivity index (χ1v) is 6.85. The molecule has 0 bridgehead atoms. The van der Waals surface area contributed by atoms with Gasteiger partial charge in [0, 0.05) is 37.9 Å². The highest BCUT2D eigenvalue weighted by atomic mass is 16.5. The van der Waals surface area contributed by atoms with Gasteiger partial charge in [-0.2, -0.15) is 0 Å². The van der Waals surface area contributed by atoms with Crippen molar-refractivity contribution >= 4 is 5.82 Å². The zero-order valence-corrected chi connectivity index (χ0v) is 11.4. The summed E-state index contributed by atoms with van der Waals surface area (Å²) in [6.07, 6.45) is 5.52. The highest BCUT2D eigenvalue weighted by Gasteiger charge is 2.11. The molecule has 0 aliphatic carbocycles. The summed E-state index contributed by atoms with van der Waals surface area (Å²) in [4.78, 5) is 10.8. The molecule has 1 aliphatic rings. The molecule has 0 spiro atoms. The van der Waals surface area contributed by atoms with Gasteiger partial charge in [-0.05, 0) is 12.1 Å². The normalized spacial score (nSPS) is 16.4. The number of hydrogen-bond donors (Lipinski definition) is 1. The third-order valence-electron chi connectivity index (χ3n) is 3.56. The van der Waals surface area contributed by atoms with E-state index in [9.17, 15) is 0 Å². The molecule has 2 N–H and O–H groups in total. The average molecular weight is 273 g/mol. The molecule has 0 amide bonds. The lowest BCUT2D eigenvalue weighted by Crippen LogP contribution is -2.38. The van der Waals surface area contributed by atoms with Crippen molar-refractivity contribution in [2.45, 2.75) is 6.54 Å². The van der Waals surface area contributed by atoms with E-state index < -0.39 is 0 Å². The summed E-state index contributed by atoms with van der Waals surface area (Å²) < 4.78 is 7.52. The standard InChI is InChI=1S/C14H19N5O/c15-14-2-1-12(9-17-14)13-10-16-11-19(13)4-3-18-5-7-20-8-6-18/h1-2,9-11H,3-8H2,(H2,15,17). The fraction of sp³-hybridized carbons (Fsp3) is 0.429. The Labute approximate surface area is 118 Å². The maximum atomic E-state index is 5.62. The van der Waals surface area contributed by atoms with Crippen LogP contribution in [0.5, 0.6) is 0 Å². The van der Waals surface area contributed by atoms with Crippen LogP contribution in [0.3, 0.4) is 0 Å². The number of hydrogen-bond acceptors (Lipinski definition) is 5. The Hall–Kier alpha value is -1.92. The Kier molecular flexibility index (Phi) is 3.94. The molecule has 6 heteroatoms. The summed E-state index contributed by atoms with van der Waals surface area (Å²) in [7, 11) is 0. The number of rotatable bonds is 4. The Morgan fingerprint density at radius 1 is 1.15 bits per heavy atom. The first-order chi connectivity index (χ1) is 9.83. The van der Waals surface area contributed by atoms with E-state index >= 15 is 0 Å². The van der Waals surface area contributed by atoms with Gasteiger partial charge in [-0.15, -0.1) is 0 Å². The Morgan fingerprint density at radius 2 is 2.00 bits per heavy atom. The Bertz CT molecular complexity index is 545. The maximum Gasteiger partial charge on any atom is 0.123 e. The number of nitrogens with zero attached hydrogens (tertiary/aromatic N) is 4. The van der Waals surface area contributed by atoms with Crippen LogP contribution in [0.4, 0.5) is 5.82 Å². The van der Waals surface area contributed by atoms with Crippen molar-refractivity contribution in [3.63, 3.8) is 0 Å². The molecule has 0 atom stereocenters. The Balaban J connectivity index is 1.68. The van der Waals surface area contributed by atoms with Crippen LogP contribution in [0.1, 0.15) is 0 Å². The molecule has 2 aromatic heterocycles. The van der Waals surface area contributed by atoms with Gasteiger partial charge in [-0.3, -0.25) is 4.90 Å². The van der Waals surface area contributed by atoms with Crippen LogP contribution >= 0.6 is 0 Å². The summed E-state index contributed by atoms with van der Waals surface area (Å²) in [5, 5.41) is 0. The number of anilines is 1. The fourth-order valence-corrected chi connectivity index (χ4v) is 2.37. The molecular formula is C14H19N5O. The van der Waals surface area contributed by atoms with Crippen molar-refractivity contribution in [3.8, 4) is 11.3 Å². The van der Waals surface area contributed by atoms with Gasteiger partial charge in [-0.1, -0.05) is 0 Å². The van der Waals surface area contributed by atoms with Gasteiger partial charge in [0.2, 0.25) is 0 Å². The average Bonchev–Trinajstić information content (AvgIpc) is 2.95. The summed E-state index contributed by atoms with van der Waals surface area (Å²) in [6.45, 7) is 5.60. The van der Waals surface area contributed by atoms with Crippen molar-refractivity contribution in [3.05, 3.63) is 30.9 Å². The second-order valence-electron chi connectivity index (χ2n) is 4.90. The van der Waals surface area contributed by atoms with E-state index in [1.807, 2.05) is 24.7 Å². The molecule has 20 heavy (non-hydrogen) atoms. The lowest BCUT2D eigenvalue weighted by atomic mass is 10.2. The fourth-order valence-electron chi connectivity index (χ4n) is 2.37. The molecule has 6 nitrogen and oxygen atoms in total. The molecule has 106 valence electrons. The lowest BCUT2D eigenvalue weighted by molar-refractivity contribution is 0.0364. The summed E-state index contributed by atoms with van der Waals surface area (Å²) >= 11 is 0. The van der Waals surface area contributed by atoms with Gasteiger partial charge in [-0.25, -0.2) is 9.97 Å². The molecule has 1 fully saturated rings. The summed E-state index contributed by atoms with van der Waals surface area (Å²) in [5.74, 6) is 0.535. The molecule has 2 aromatic rings. The first kappa shape index (κ1) is 13.1. The van der Waals surface area contributed by atoms with Gasteiger partial charge in [0.25, 0.3) is 0 Å². The van der Waals surface area contributed by atoms with Crippen LogP contribution in [-0.4, -0.2) is 52.3 Å². The Morgan fingerprint density at radius 3 is 2.75 bits per heavy atom. The second kappa shape index (κ2) is 6.02. The lowest BCUT2D eigenvalue weighted by Gasteiger charge is -2.26. The van der Waals surface area contributed by atoms with Crippen molar-refractivity contribution in [1.82, 2.24) is 19.4 Å². The van der Waals surface area contributed by atoms with Crippen molar-refractivity contribution in [1.29, 1.82) is 0 Å². The van der Waals surface area contributed by atoms with Gasteiger partial charge < -0.3 is 15.0 Å². The quantitative estimate of drug-likeness (QED) is 0.894. The molecule has 3 heterocycles. The van der Waals surface area contributed by atoms with Gasteiger partial charge in [0.15, 0.2) is 0 Å². The third kappa shape index (κ3) is 2.97. The number of nitrogen functional groups attached to an aromatic ring is 1. The minimum Gasteiger partial charge on any atom is -0.384 e. The number of ether oxygens (including phenoxy) is 1. The molecule has 0 radical (unpaired) electrons. The van der Waals surface area contributed by atoms with E-state index in [4.69, 9.17) is 10.5 Å². The van der Waals surface area contributed by atoms with Crippen LogP contribution in [0, 0.1) is 0 Å². The minimum atomic E-state index is 0.535. The van der Waals surface area contributed by atoms with Crippen LogP contribution in [0.15, 0.2) is 30.9 Å². The zero-order valence-electron chi connectivity index (χ0n) is 11.4. The van der Waals surface area contributed by atoms with Gasteiger partial charge in [0.1, 0.15) is 5.82 Å². The topological polar surface area (TPSA) is 69.2 Å². The molecular weight excluding hydrogens is 254 g/mol. The van der Waals surface area contributed by atoms with Crippen LogP contribution in [0.2, 0.25) is 0 Å². The van der Waals surface area contributed by atoms with E-state index in [0.29, 0.717) is 5.82 Å². The van der Waals surface area contributed by atoms with E-state index in [1.165, 1.54) is 0 Å². The van der Waals surface area contributed by atoms with E-state index in [0.717, 1.165) is 50.7 Å². The van der Waals surface area contributed by atoms with Crippen molar-refractivity contribution in [2.75, 3.05) is 38.6 Å². The molecule has 0 saturated carbocycles. The number of pyridine rings is 1. The predicted molar refractivity (Wildman–Crippen MR) is 77.1 cm³/mol. The second-order valence-corrected chi connectivity index (χ2v) is 4.90. The van der Waals surface area contributed by atoms with Gasteiger partial charge in [0.05, 0.1) is 31.4 Å². The minimum absolute atomic E-state index is 0.535. The molecule has 3 rings (SSSR count). The molecule has 0 unspecified atom stereocenters. The first-order valence-electron chi connectivity index (χ1n) is 6.85. The molecule has 1 saturated heterocycles. The third-order valence-corrected chi connectivity index (χ3v) is 3.56. The smallest absolute Gasteiger partial charge is 0.123 e. The summed E-state index contributed by atoms with van der Waals surface area (Å²) in [5.41, 5.74) is 7.74. The van der Waals surface area contributed by atoms with E-state index in [-0.39, 0.29) is 0 Å². The zero-order chi connectivity index (χ0) is 13.8. The maximum absolute atomic E-state index is 5.62. The van der Waals surface area contributed by atoms with Crippen molar-refractivity contribution in [2.24, 2.45) is 0 Å². The van der Waals surface area contributed by atoms with E-state index in [1.54, 1.807) is 6.20 Å². The van der Waals surface area contributed by atoms with E-state index in [2.05, 4.69) is 19.4 Å². The van der Waals surface area contributed by atoms with Gasteiger partial charge >= 0.3 is 0 Å². The highest BCUT2D eigenvalue weighted by Crippen LogP contribution is 2.18. The largest absolute Gasteiger partial charge is 0.384 e. The van der Waals surface area contributed by atoms with Crippen LogP contribution < -0.4 is 5.73 Å². The predicted octanol–water partition coefficient (Wildman–Crippen LogP) is 0.859.